The van der Waals surface area contributed by atoms with E-state index in [-0.39, 0.29) is 29.2 Å². The summed E-state index contributed by atoms with van der Waals surface area (Å²) in [5, 5.41) is 3.88. The van der Waals surface area contributed by atoms with E-state index in [9.17, 15) is 9.59 Å². The van der Waals surface area contributed by atoms with Gasteiger partial charge in [0, 0.05) is 50.8 Å². The van der Waals surface area contributed by atoms with E-state index in [1.165, 1.54) is 18.4 Å². The molecule has 3 fully saturated rings. The molecule has 5 aromatic rings. The lowest BCUT2D eigenvalue weighted by atomic mass is 9.97. The Kier molecular flexibility index (Phi) is 10.7. The molecule has 5 heterocycles. The van der Waals surface area contributed by atoms with Crippen LogP contribution in [0.2, 0.25) is 10.0 Å². The highest BCUT2D eigenvalue weighted by molar-refractivity contribution is 6.35. The Balaban J connectivity index is 0.000000164. The molecular formula is C39H47Cl2N9O2. The fraction of sp³-hybridized carbons (Fsp3) is 0.436. The highest BCUT2D eigenvalue weighted by Gasteiger charge is 2.40. The van der Waals surface area contributed by atoms with Crippen molar-refractivity contribution < 1.29 is 0 Å². The maximum Gasteiger partial charge on any atom is 0.281 e. The van der Waals surface area contributed by atoms with Crippen LogP contribution in [0.1, 0.15) is 74.9 Å². The van der Waals surface area contributed by atoms with Crippen molar-refractivity contribution in [2.75, 3.05) is 38.2 Å². The summed E-state index contributed by atoms with van der Waals surface area (Å²) in [4.78, 5) is 40.7. The summed E-state index contributed by atoms with van der Waals surface area (Å²) in [7, 11) is 2.20. The Bertz CT molecular complexity index is 2170. The van der Waals surface area contributed by atoms with Crippen LogP contribution in [0.3, 0.4) is 0 Å². The first-order chi connectivity index (χ1) is 25.0. The molecule has 1 unspecified atom stereocenters. The van der Waals surface area contributed by atoms with Crippen LogP contribution >= 0.6 is 23.2 Å². The van der Waals surface area contributed by atoms with Gasteiger partial charge in [0.05, 0.1) is 43.9 Å². The largest absolute Gasteiger partial charge is 0.322 e. The smallest absolute Gasteiger partial charge is 0.281 e. The average molecular weight is 745 g/mol. The number of nitrogens with two attached hydrogens (primary N) is 2. The zero-order valence-corrected chi connectivity index (χ0v) is 31.5. The zero-order chi connectivity index (χ0) is 36.7. The van der Waals surface area contributed by atoms with Crippen molar-refractivity contribution in [3.63, 3.8) is 0 Å². The van der Waals surface area contributed by atoms with Crippen LogP contribution in [0.4, 0.5) is 0 Å². The molecule has 5 atom stereocenters. The van der Waals surface area contributed by atoms with Gasteiger partial charge in [0.15, 0.2) is 0 Å². The van der Waals surface area contributed by atoms with Crippen molar-refractivity contribution in [2.24, 2.45) is 11.5 Å². The number of benzene rings is 3. The minimum Gasteiger partial charge on any atom is -0.322 e. The number of fused-ring (bicyclic) bond motifs is 4. The van der Waals surface area contributed by atoms with Gasteiger partial charge < -0.3 is 21.4 Å². The molecule has 0 spiro atoms. The minimum atomic E-state index is -0.363. The summed E-state index contributed by atoms with van der Waals surface area (Å²) in [6.07, 6.45) is 4.37. The second-order valence-corrected chi connectivity index (χ2v) is 15.3. The van der Waals surface area contributed by atoms with Crippen LogP contribution in [0.5, 0.6) is 0 Å². The van der Waals surface area contributed by atoms with E-state index in [2.05, 4.69) is 46.1 Å². The molecule has 13 heteroatoms. The van der Waals surface area contributed by atoms with E-state index in [4.69, 9.17) is 39.7 Å². The van der Waals surface area contributed by atoms with Crippen LogP contribution in [0.25, 0.3) is 21.8 Å². The molecule has 0 aliphatic carbocycles. The van der Waals surface area contributed by atoms with Gasteiger partial charge in [-0.3, -0.25) is 19.1 Å². The Morgan fingerprint density at radius 3 is 1.81 bits per heavy atom. The highest BCUT2D eigenvalue weighted by Crippen LogP contribution is 2.40. The molecule has 11 nitrogen and oxygen atoms in total. The Morgan fingerprint density at radius 2 is 1.25 bits per heavy atom. The lowest BCUT2D eigenvalue weighted by Gasteiger charge is -2.38. The summed E-state index contributed by atoms with van der Waals surface area (Å²) in [6.45, 7) is 7.82. The van der Waals surface area contributed by atoms with Crippen molar-refractivity contribution in [1.29, 1.82) is 0 Å². The molecule has 2 bridgehead atoms. The van der Waals surface area contributed by atoms with E-state index in [1.54, 1.807) is 28.9 Å². The number of hydrogen-bond donors (Lipinski definition) is 2. The molecule has 2 aromatic heterocycles. The van der Waals surface area contributed by atoms with Gasteiger partial charge in [0.1, 0.15) is 11.6 Å². The fourth-order valence-corrected chi connectivity index (χ4v) is 8.69. The third-order valence-electron chi connectivity index (χ3n) is 10.9. The molecule has 8 rings (SSSR count). The molecule has 4 N–H and O–H groups in total. The topological polar surface area (TPSA) is 132 Å². The second kappa shape index (κ2) is 15.3. The molecule has 3 aromatic carbocycles. The van der Waals surface area contributed by atoms with Crippen LogP contribution in [0.15, 0.2) is 76.3 Å². The fourth-order valence-electron chi connectivity index (χ4n) is 8.19. The van der Waals surface area contributed by atoms with E-state index >= 15 is 0 Å². The van der Waals surface area contributed by atoms with E-state index in [1.807, 2.05) is 41.6 Å². The SMILES string of the molecule is C[C@H](N)c1nc2cccc(Cl)c2c(=O)n1C1C[C@H]2CC[C@@H](C1)N2C.C[C@H](N)c1nc2cccc(Cl)c2c(=O)n1N1CCN(Cc2ccccc2)CC1. The molecular weight excluding hydrogens is 697 g/mol. The van der Waals surface area contributed by atoms with Crippen molar-refractivity contribution in [3.8, 4) is 0 Å². The predicted molar refractivity (Wildman–Crippen MR) is 210 cm³/mol. The third kappa shape index (κ3) is 7.10. The van der Waals surface area contributed by atoms with Gasteiger partial charge in [-0.1, -0.05) is 65.7 Å². The number of hydrogen-bond acceptors (Lipinski definition) is 9. The zero-order valence-electron chi connectivity index (χ0n) is 30.0. The average Bonchev–Trinajstić information content (AvgIpc) is 3.31. The summed E-state index contributed by atoms with van der Waals surface area (Å²) in [5.74, 6) is 1.24. The Morgan fingerprint density at radius 1 is 0.712 bits per heavy atom. The quantitative estimate of drug-likeness (QED) is 0.235. The summed E-state index contributed by atoms with van der Waals surface area (Å²) in [6, 6.07) is 21.7. The van der Waals surface area contributed by atoms with Crippen LogP contribution in [-0.2, 0) is 6.54 Å². The maximum atomic E-state index is 13.3. The molecule has 0 amide bonds. The summed E-state index contributed by atoms with van der Waals surface area (Å²) >= 11 is 12.6. The van der Waals surface area contributed by atoms with Crippen LogP contribution in [0, 0.1) is 0 Å². The first-order valence-corrected chi connectivity index (χ1v) is 18.9. The molecule has 0 saturated carbocycles. The van der Waals surface area contributed by atoms with Crippen LogP contribution in [-0.4, -0.2) is 74.3 Å². The lowest BCUT2D eigenvalue weighted by Crippen LogP contribution is -2.55. The number of nitrogens with zero attached hydrogens (tertiary/aromatic N) is 7. The monoisotopic (exact) mass is 743 g/mol. The van der Waals surface area contributed by atoms with Crippen molar-refractivity contribution in [3.05, 3.63) is 115 Å². The van der Waals surface area contributed by atoms with Crippen molar-refractivity contribution in [1.82, 2.24) is 29.0 Å². The molecule has 0 radical (unpaired) electrons. The number of piperidine rings is 1. The van der Waals surface area contributed by atoms with Gasteiger partial charge in [-0.2, -0.15) is 0 Å². The van der Waals surface area contributed by atoms with Gasteiger partial charge in [0.2, 0.25) is 0 Å². The number of aromatic nitrogens is 4. The van der Waals surface area contributed by atoms with E-state index < -0.39 is 0 Å². The molecule has 3 aliphatic heterocycles. The van der Waals surface area contributed by atoms with Gasteiger partial charge in [0.25, 0.3) is 11.1 Å². The predicted octanol–water partition coefficient (Wildman–Crippen LogP) is 5.39. The molecule has 3 aliphatic rings. The maximum absolute atomic E-state index is 13.3. The van der Waals surface area contributed by atoms with Gasteiger partial charge in [-0.05, 0) is 76.4 Å². The minimum absolute atomic E-state index is 0.0492. The van der Waals surface area contributed by atoms with Crippen molar-refractivity contribution in [2.45, 2.75) is 76.3 Å². The van der Waals surface area contributed by atoms with Crippen molar-refractivity contribution >= 4 is 45.0 Å². The number of piperazine rings is 1. The Hall–Kier alpha value is -3.84. The van der Waals surface area contributed by atoms with Crippen LogP contribution < -0.4 is 27.6 Å². The number of halogens is 2. The van der Waals surface area contributed by atoms with Gasteiger partial charge in [-0.25, -0.2) is 14.6 Å². The summed E-state index contributed by atoms with van der Waals surface area (Å²) < 4.78 is 3.48. The number of rotatable bonds is 6. The molecule has 274 valence electrons. The Labute approximate surface area is 313 Å². The standard InChI is InChI=1S/C21H24ClN5O.C18H23ClN4O/c1-15(23)20-24-18-9-5-8-17(22)19(18)21(28)27(20)26-12-10-25(11-13-26)14-16-6-3-2-4-7-16;1-10(20)17-21-15-5-3-4-14(19)16(15)18(24)23(17)13-8-11-6-7-12(9-13)22(11)2/h2-9,15H,10-14,23H2,1H3;3-5,10-13H,6-9,20H2,1-2H3/t15-;10-,11-,12+,13?/m00/s1. The third-order valence-corrected chi connectivity index (χ3v) is 11.5. The van der Waals surface area contributed by atoms with Gasteiger partial charge >= 0.3 is 0 Å². The highest BCUT2D eigenvalue weighted by atomic mass is 35.5. The van der Waals surface area contributed by atoms with Gasteiger partial charge in [-0.15, -0.1) is 0 Å². The summed E-state index contributed by atoms with van der Waals surface area (Å²) in [5.41, 5.74) is 14.6. The molecule has 3 saturated heterocycles. The normalized spacial score (nSPS) is 22.0. The van der Waals surface area contributed by atoms with E-state index in [0.29, 0.717) is 55.6 Å². The van der Waals surface area contributed by atoms with E-state index in [0.717, 1.165) is 45.6 Å². The first kappa shape index (κ1) is 36.5. The lowest BCUT2D eigenvalue weighted by molar-refractivity contribution is 0.133. The first-order valence-electron chi connectivity index (χ1n) is 18.2. The second-order valence-electron chi connectivity index (χ2n) is 14.5. The molecule has 52 heavy (non-hydrogen) atoms.